The van der Waals surface area contributed by atoms with Gasteiger partial charge in [0.1, 0.15) is 0 Å². The van der Waals surface area contributed by atoms with Crippen LogP contribution >= 0.6 is 50.5 Å². The topological polar surface area (TPSA) is 38.7 Å². The first-order chi connectivity index (χ1) is 6.66. The molecule has 0 aliphatic carbocycles. The molecular weight excluding hydrogens is 309 g/mol. The SMILES string of the molecule is Clc1nc(Cl)nc(-c2sccc2Br)n1. The van der Waals surface area contributed by atoms with Crippen LogP contribution in [0.2, 0.25) is 10.6 Å². The molecule has 0 radical (unpaired) electrons. The Labute approximate surface area is 102 Å². The molecule has 0 N–H and O–H groups in total. The number of aromatic nitrogens is 3. The van der Waals surface area contributed by atoms with Gasteiger partial charge in [0.15, 0.2) is 5.82 Å². The van der Waals surface area contributed by atoms with Gasteiger partial charge >= 0.3 is 0 Å². The first-order valence-corrected chi connectivity index (χ1v) is 5.90. The number of rotatable bonds is 1. The van der Waals surface area contributed by atoms with E-state index in [4.69, 9.17) is 23.2 Å². The van der Waals surface area contributed by atoms with E-state index in [0.29, 0.717) is 5.82 Å². The predicted molar refractivity (Wildman–Crippen MR) is 60.9 cm³/mol. The molecule has 0 saturated carbocycles. The summed E-state index contributed by atoms with van der Waals surface area (Å²) in [7, 11) is 0. The molecule has 72 valence electrons. The Bertz CT molecular complexity index is 453. The van der Waals surface area contributed by atoms with E-state index in [-0.39, 0.29) is 10.6 Å². The number of thiophene rings is 1. The number of hydrogen-bond acceptors (Lipinski definition) is 4. The summed E-state index contributed by atoms with van der Waals surface area (Å²) in [5.41, 5.74) is 0. The Morgan fingerprint density at radius 3 is 2.29 bits per heavy atom. The van der Waals surface area contributed by atoms with Crippen molar-refractivity contribution in [3.8, 4) is 10.7 Å². The molecule has 14 heavy (non-hydrogen) atoms. The molecule has 0 bridgehead atoms. The van der Waals surface area contributed by atoms with E-state index in [2.05, 4.69) is 30.9 Å². The quantitative estimate of drug-likeness (QED) is 0.806. The molecule has 0 atom stereocenters. The number of hydrogen-bond donors (Lipinski definition) is 0. The van der Waals surface area contributed by atoms with E-state index in [1.807, 2.05) is 11.4 Å². The molecule has 0 aliphatic heterocycles. The second-order valence-electron chi connectivity index (χ2n) is 2.29. The van der Waals surface area contributed by atoms with Crippen LogP contribution in [0.5, 0.6) is 0 Å². The third kappa shape index (κ3) is 2.06. The largest absolute Gasteiger partial charge is 0.227 e. The monoisotopic (exact) mass is 309 g/mol. The molecule has 2 aromatic rings. The summed E-state index contributed by atoms with van der Waals surface area (Å²) in [5.74, 6) is 0.483. The first kappa shape index (κ1) is 10.3. The van der Waals surface area contributed by atoms with Crippen LogP contribution in [0.15, 0.2) is 15.9 Å². The fourth-order valence-electron chi connectivity index (χ4n) is 0.881. The lowest BCUT2D eigenvalue weighted by Gasteiger charge is -1.97. The zero-order valence-electron chi connectivity index (χ0n) is 6.54. The lowest BCUT2D eigenvalue weighted by molar-refractivity contribution is 1.06. The van der Waals surface area contributed by atoms with E-state index in [0.717, 1.165) is 9.35 Å². The van der Waals surface area contributed by atoms with Crippen molar-refractivity contribution in [1.82, 2.24) is 15.0 Å². The van der Waals surface area contributed by atoms with Crippen molar-refractivity contribution in [2.24, 2.45) is 0 Å². The maximum atomic E-state index is 5.66. The Morgan fingerprint density at radius 2 is 1.79 bits per heavy atom. The van der Waals surface area contributed by atoms with Gasteiger partial charge in [-0.15, -0.1) is 11.3 Å². The van der Waals surface area contributed by atoms with Crippen molar-refractivity contribution in [2.75, 3.05) is 0 Å². The van der Waals surface area contributed by atoms with E-state index in [9.17, 15) is 0 Å². The van der Waals surface area contributed by atoms with Gasteiger partial charge in [0, 0.05) is 4.47 Å². The van der Waals surface area contributed by atoms with Crippen molar-refractivity contribution in [3.05, 3.63) is 26.5 Å². The highest BCUT2D eigenvalue weighted by Gasteiger charge is 2.10. The summed E-state index contributed by atoms with van der Waals surface area (Å²) in [5, 5.41) is 2.12. The fraction of sp³-hybridized carbons (Fsp3) is 0. The van der Waals surface area contributed by atoms with E-state index < -0.39 is 0 Å². The van der Waals surface area contributed by atoms with Crippen molar-refractivity contribution in [3.63, 3.8) is 0 Å². The number of halogens is 3. The van der Waals surface area contributed by atoms with Crippen LogP contribution in [0.1, 0.15) is 0 Å². The molecule has 0 aliphatic rings. The van der Waals surface area contributed by atoms with Gasteiger partial charge in [-0.3, -0.25) is 0 Å². The first-order valence-electron chi connectivity index (χ1n) is 3.47. The molecular formula is C7H2BrCl2N3S. The molecule has 0 unspecified atom stereocenters. The average Bonchev–Trinajstić information content (AvgIpc) is 2.49. The second-order valence-corrected chi connectivity index (χ2v) is 4.74. The highest BCUT2D eigenvalue weighted by atomic mass is 79.9. The molecule has 0 saturated heterocycles. The van der Waals surface area contributed by atoms with Crippen LogP contribution in [-0.2, 0) is 0 Å². The third-order valence-electron chi connectivity index (χ3n) is 1.40. The maximum absolute atomic E-state index is 5.66. The van der Waals surface area contributed by atoms with Gasteiger partial charge in [0.05, 0.1) is 4.88 Å². The molecule has 2 rings (SSSR count). The van der Waals surface area contributed by atoms with Crippen LogP contribution < -0.4 is 0 Å². The summed E-state index contributed by atoms with van der Waals surface area (Å²) in [4.78, 5) is 12.5. The maximum Gasteiger partial charge on any atom is 0.227 e. The fourth-order valence-corrected chi connectivity index (χ4v) is 2.73. The minimum Gasteiger partial charge on any atom is -0.197 e. The summed E-state index contributed by atoms with van der Waals surface area (Å²) in [6.07, 6.45) is 0. The summed E-state index contributed by atoms with van der Waals surface area (Å²) < 4.78 is 0.917. The Balaban J connectivity index is 2.57. The van der Waals surface area contributed by atoms with E-state index in [1.165, 1.54) is 11.3 Å². The van der Waals surface area contributed by atoms with Crippen molar-refractivity contribution < 1.29 is 0 Å². The summed E-state index contributed by atoms with van der Waals surface area (Å²) in [6, 6.07) is 1.91. The Morgan fingerprint density at radius 1 is 1.14 bits per heavy atom. The van der Waals surface area contributed by atoms with Crippen LogP contribution in [-0.4, -0.2) is 15.0 Å². The minimum atomic E-state index is 0.0975. The van der Waals surface area contributed by atoms with Crippen LogP contribution in [0.3, 0.4) is 0 Å². The van der Waals surface area contributed by atoms with Crippen molar-refractivity contribution in [2.45, 2.75) is 0 Å². The molecule has 2 aromatic heterocycles. The zero-order valence-corrected chi connectivity index (χ0v) is 10.5. The zero-order chi connectivity index (χ0) is 10.1. The van der Waals surface area contributed by atoms with Crippen LogP contribution in [0.25, 0.3) is 10.7 Å². The Kier molecular flexibility index (Phi) is 3.02. The lowest BCUT2D eigenvalue weighted by atomic mass is 10.4. The highest BCUT2D eigenvalue weighted by molar-refractivity contribution is 9.10. The molecule has 0 amide bonds. The molecule has 2 heterocycles. The average molecular weight is 311 g/mol. The molecule has 0 aromatic carbocycles. The number of nitrogens with zero attached hydrogens (tertiary/aromatic N) is 3. The third-order valence-corrected chi connectivity index (χ3v) is 3.57. The predicted octanol–water partition coefficient (Wildman–Crippen LogP) is 3.67. The van der Waals surface area contributed by atoms with Gasteiger partial charge < -0.3 is 0 Å². The molecule has 0 fully saturated rings. The standard InChI is InChI=1S/C7H2BrCl2N3S/c8-3-1-2-14-4(3)5-11-6(9)13-7(10)12-5/h1-2H. The Hall–Kier alpha value is -0.230. The van der Waals surface area contributed by atoms with Crippen LogP contribution in [0, 0.1) is 0 Å². The summed E-state index contributed by atoms with van der Waals surface area (Å²) in [6.45, 7) is 0. The van der Waals surface area contributed by atoms with Gasteiger partial charge in [0.25, 0.3) is 0 Å². The van der Waals surface area contributed by atoms with Gasteiger partial charge in [-0.25, -0.2) is 0 Å². The smallest absolute Gasteiger partial charge is 0.197 e. The lowest BCUT2D eigenvalue weighted by Crippen LogP contribution is -1.92. The van der Waals surface area contributed by atoms with E-state index in [1.54, 1.807) is 0 Å². The summed E-state index contributed by atoms with van der Waals surface area (Å²) >= 11 is 16.2. The highest BCUT2D eigenvalue weighted by Crippen LogP contribution is 2.31. The van der Waals surface area contributed by atoms with Gasteiger partial charge in [-0.05, 0) is 50.6 Å². The van der Waals surface area contributed by atoms with Gasteiger partial charge in [-0.2, -0.15) is 15.0 Å². The van der Waals surface area contributed by atoms with Gasteiger partial charge in [-0.1, -0.05) is 0 Å². The molecule has 7 heteroatoms. The normalized spacial score (nSPS) is 10.5. The van der Waals surface area contributed by atoms with Crippen LogP contribution in [0.4, 0.5) is 0 Å². The molecule has 3 nitrogen and oxygen atoms in total. The minimum absolute atomic E-state index is 0.0975. The van der Waals surface area contributed by atoms with Crippen molar-refractivity contribution in [1.29, 1.82) is 0 Å². The van der Waals surface area contributed by atoms with E-state index >= 15 is 0 Å². The van der Waals surface area contributed by atoms with Gasteiger partial charge in [0.2, 0.25) is 10.6 Å². The van der Waals surface area contributed by atoms with Crippen molar-refractivity contribution >= 4 is 50.5 Å². The molecule has 0 spiro atoms. The second kappa shape index (κ2) is 4.10.